The Bertz CT molecular complexity index is 436. The number of benzene rings is 1. The van der Waals surface area contributed by atoms with E-state index in [9.17, 15) is 0 Å². The van der Waals surface area contributed by atoms with Gasteiger partial charge in [-0.25, -0.2) is 0 Å². The van der Waals surface area contributed by atoms with E-state index < -0.39 is 0 Å². The molecule has 1 aromatic rings. The lowest BCUT2D eigenvalue weighted by atomic mass is 9.71. The highest BCUT2D eigenvalue weighted by molar-refractivity contribution is 5.49. The molecular weight excluding hydrogens is 206 g/mol. The van der Waals surface area contributed by atoms with Crippen LogP contribution < -0.4 is 0 Å². The molecule has 0 aromatic heterocycles. The fraction of sp³-hybridized carbons (Fsp3) is 0.562. The molecule has 2 rings (SSSR count). The summed E-state index contributed by atoms with van der Waals surface area (Å²) >= 11 is 0. The summed E-state index contributed by atoms with van der Waals surface area (Å²) in [5.74, 6) is 0. The normalized spacial score (nSPS) is 16.2. The van der Waals surface area contributed by atoms with Crippen molar-refractivity contribution in [2.24, 2.45) is 0 Å². The van der Waals surface area contributed by atoms with Crippen molar-refractivity contribution in [3.05, 3.63) is 34.4 Å². The Morgan fingerprint density at radius 1 is 1.24 bits per heavy atom. The van der Waals surface area contributed by atoms with Crippen LogP contribution in [0.25, 0.3) is 0 Å². The van der Waals surface area contributed by atoms with Crippen LogP contribution in [0.3, 0.4) is 0 Å². The molecule has 0 atom stereocenters. The van der Waals surface area contributed by atoms with E-state index in [-0.39, 0.29) is 5.41 Å². The second-order valence-electron chi connectivity index (χ2n) is 5.11. The predicted octanol–water partition coefficient (Wildman–Crippen LogP) is 4.51. The van der Waals surface area contributed by atoms with Crippen LogP contribution in [0.1, 0.15) is 62.8 Å². The van der Waals surface area contributed by atoms with Crippen molar-refractivity contribution in [3.8, 4) is 6.07 Å². The van der Waals surface area contributed by atoms with Crippen LogP contribution in [0.4, 0.5) is 0 Å². The summed E-state index contributed by atoms with van der Waals surface area (Å²) in [6, 6.07) is 6.40. The van der Waals surface area contributed by atoms with Crippen molar-refractivity contribution in [2.75, 3.05) is 0 Å². The lowest BCUT2D eigenvalue weighted by Crippen LogP contribution is -2.24. The van der Waals surface area contributed by atoms with Gasteiger partial charge in [-0.2, -0.15) is 5.26 Å². The minimum Gasteiger partial charge on any atom is -0.192 e. The highest BCUT2D eigenvalue weighted by Gasteiger charge is 2.28. The topological polar surface area (TPSA) is 23.8 Å². The van der Waals surface area contributed by atoms with Crippen LogP contribution in [-0.2, 0) is 11.8 Å². The van der Waals surface area contributed by atoms with Gasteiger partial charge < -0.3 is 0 Å². The van der Waals surface area contributed by atoms with E-state index in [2.05, 4.69) is 32.9 Å². The number of fused-ring (bicyclic) bond motifs is 1. The summed E-state index contributed by atoms with van der Waals surface area (Å²) in [7, 11) is 0. The summed E-state index contributed by atoms with van der Waals surface area (Å²) in [4.78, 5) is 0. The Kier molecular flexibility index (Phi) is 4.34. The maximum absolute atomic E-state index is 9.00. The number of nitriles is 1. The van der Waals surface area contributed by atoms with Crippen LogP contribution in [0, 0.1) is 18.3 Å². The average Bonchev–Trinajstić information content (AvgIpc) is 2.33. The number of hydrogen-bond acceptors (Lipinski definition) is 1. The van der Waals surface area contributed by atoms with Crippen LogP contribution in [0.2, 0.25) is 0 Å². The van der Waals surface area contributed by atoms with E-state index in [0.717, 1.165) is 12.0 Å². The lowest BCUT2D eigenvalue weighted by molar-refractivity contribution is 0.431. The summed E-state index contributed by atoms with van der Waals surface area (Å²) in [5, 5.41) is 9.00. The Morgan fingerprint density at radius 2 is 1.88 bits per heavy atom. The van der Waals surface area contributed by atoms with Crippen LogP contribution >= 0.6 is 0 Å². The highest BCUT2D eigenvalue weighted by atomic mass is 14.3. The molecule has 0 N–H and O–H groups in total. The molecule has 0 radical (unpaired) electrons. The molecule has 92 valence electrons. The second-order valence-corrected chi connectivity index (χ2v) is 5.11. The van der Waals surface area contributed by atoms with Crippen molar-refractivity contribution in [1.29, 1.82) is 5.26 Å². The third-order valence-corrected chi connectivity index (χ3v) is 3.68. The van der Waals surface area contributed by atoms with E-state index in [1.807, 2.05) is 19.9 Å². The molecule has 1 nitrogen and oxygen atoms in total. The van der Waals surface area contributed by atoms with Gasteiger partial charge in [-0.05, 0) is 54.4 Å². The van der Waals surface area contributed by atoms with Crippen molar-refractivity contribution in [3.63, 3.8) is 0 Å². The molecule has 1 aliphatic carbocycles. The largest absolute Gasteiger partial charge is 0.192 e. The second kappa shape index (κ2) is 5.36. The van der Waals surface area contributed by atoms with Gasteiger partial charge in [0.05, 0.1) is 11.6 Å². The van der Waals surface area contributed by atoms with Gasteiger partial charge in [0.15, 0.2) is 0 Å². The first-order valence-corrected chi connectivity index (χ1v) is 6.59. The number of nitrogens with zero attached hydrogens (tertiary/aromatic N) is 1. The molecule has 0 saturated heterocycles. The van der Waals surface area contributed by atoms with Crippen LogP contribution in [0.15, 0.2) is 12.1 Å². The molecule has 0 saturated carbocycles. The number of rotatable bonds is 0. The van der Waals surface area contributed by atoms with E-state index in [4.69, 9.17) is 5.26 Å². The van der Waals surface area contributed by atoms with Gasteiger partial charge in [0, 0.05) is 0 Å². The third kappa shape index (κ3) is 2.52. The standard InChI is InChI=1S/C14H17N.C2H6/c1-10-11(9-15)6-7-13-12(10)5-4-8-14(13,2)3;1-2/h6-7H,4-5,8H2,1-3H3;1-2H3. The monoisotopic (exact) mass is 229 g/mol. The minimum absolute atomic E-state index is 0.284. The molecule has 0 fully saturated rings. The van der Waals surface area contributed by atoms with Crippen molar-refractivity contribution in [2.45, 2.75) is 59.3 Å². The van der Waals surface area contributed by atoms with Gasteiger partial charge >= 0.3 is 0 Å². The zero-order chi connectivity index (χ0) is 13.1. The Hall–Kier alpha value is -1.29. The van der Waals surface area contributed by atoms with E-state index in [1.54, 1.807) is 0 Å². The van der Waals surface area contributed by atoms with Gasteiger partial charge in [0.1, 0.15) is 0 Å². The first-order valence-electron chi connectivity index (χ1n) is 6.59. The molecule has 1 aliphatic rings. The predicted molar refractivity (Wildman–Crippen MR) is 73.2 cm³/mol. The molecule has 1 heteroatoms. The molecule has 17 heavy (non-hydrogen) atoms. The Morgan fingerprint density at radius 3 is 2.47 bits per heavy atom. The van der Waals surface area contributed by atoms with Gasteiger partial charge in [0.25, 0.3) is 0 Å². The molecular formula is C16H23N. The van der Waals surface area contributed by atoms with E-state index in [1.165, 1.54) is 29.5 Å². The molecule has 0 aliphatic heterocycles. The smallest absolute Gasteiger partial charge is 0.0994 e. The lowest BCUT2D eigenvalue weighted by Gasteiger charge is -2.33. The minimum atomic E-state index is 0.284. The molecule has 0 bridgehead atoms. The zero-order valence-electron chi connectivity index (χ0n) is 11.7. The van der Waals surface area contributed by atoms with Gasteiger partial charge in [0.2, 0.25) is 0 Å². The fourth-order valence-corrected chi connectivity index (χ4v) is 2.68. The number of hydrogen-bond donors (Lipinski definition) is 0. The molecule has 0 amide bonds. The molecule has 0 heterocycles. The zero-order valence-corrected chi connectivity index (χ0v) is 11.7. The SMILES string of the molecule is CC.Cc1c(C#N)ccc2c1CCCC2(C)C. The average molecular weight is 229 g/mol. The van der Waals surface area contributed by atoms with Crippen LogP contribution in [-0.4, -0.2) is 0 Å². The van der Waals surface area contributed by atoms with Gasteiger partial charge in [-0.1, -0.05) is 33.8 Å². The van der Waals surface area contributed by atoms with Crippen molar-refractivity contribution in [1.82, 2.24) is 0 Å². The van der Waals surface area contributed by atoms with E-state index in [0.29, 0.717) is 0 Å². The molecule has 1 aromatic carbocycles. The highest BCUT2D eigenvalue weighted by Crippen LogP contribution is 2.38. The summed E-state index contributed by atoms with van der Waals surface area (Å²) in [6.45, 7) is 10.7. The summed E-state index contributed by atoms with van der Waals surface area (Å²) in [5.41, 5.74) is 5.19. The van der Waals surface area contributed by atoms with Crippen molar-refractivity contribution >= 4 is 0 Å². The van der Waals surface area contributed by atoms with E-state index >= 15 is 0 Å². The summed E-state index contributed by atoms with van der Waals surface area (Å²) < 4.78 is 0. The first-order chi connectivity index (χ1) is 8.06. The third-order valence-electron chi connectivity index (χ3n) is 3.68. The van der Waals surface area contributed by atoms with Gasteiger partial charge in [-0.15, -0.1) is 0 Å². The van der Waals surface area contributed by atoms with Gasteiger partial charge in [-0.3, -0.25) is 0 Å². The maximum atomic E-state index is 9.00. The first kappa shape index (κ1) is 13.8. The summed E-state index contributed by atoms with van der Waals surface area (Å²) in [6.07, 6.45) is 3.64. The Labute approximate surface area is 105 Å². The molecule has 0 unspecified atom stereocenters. The molecule has 0 spiro atoms. The Balaban J connectivity index is 0.000000686. The fourth-order valence-electron chi connectivity index (χ4n) is 2.68. The van der Waals surface area contributed by atoms with Crippen molar-refractivity contribution < 1.29 is 0 Å². The maximum Gasteiger partial charge on any atom is 0.0994 e. The van der Waals surface area contributed by atoms with Crippen LogP contribution in [0.5, 0.6) is 0 Å². The quantitative estimate of drug-likeness (QED) is 0.642.